The molecule has 0 aromatic heterocycles. The summed E-state index contributed by atoms with van der Waals surface area (Å²) in [5.41, 5.74) is 5.33. The summed E-state index contributed by atoms with van der Waals surface area (Å²) in [6, 6.07) is 0. The van der Waals surface area contributed by atoms with Crippen molar-refractivity contribution in [3.63, 3.8) is 0 Å². The van der Waals surface area contributed by atoms with E-state index < -0.39 is 0 Å². The van der Waals surface area contributed by atoms with Crippen molar-refractivity contribution in [1.29, 1.82) is 0 Å². The van der Waals surface area contributed by atoms with Crippen LogP contribution in [0.1, 0.15) is 46.5 Å². The highest BCUT2D eigenvalue weighted by Crippen LogP contribution is 2.24. The zero-order valence-electron chi connectivity index (χ0n) is 9.73. The summed E-state index contributed by atoms with van der Waals surface area (Å²) in [6.07, 6.45) is 3.78. The first kappa shape index (κ1) is 13.4. The molecule has 0 heterocycles. The number of unbranched alkanes of at least 4 members (excludes halogenated alkanes) is 1. The fraction of sp³-hybridized carbons (Fsp3) is 0.909. The Hall–Kier alpha value is -0.570. The van der Waals surface area contributed by atoms with Crippen LogP contribution in [0.25, 0.3) is 0 Å². The third kappa shape index (κ3) is 3.29. The predicted molar refractivity (Wildman–Crippen MR) is 60.0 cm³/mol. The van der Waals surface area contributed by atoms with Crippen molar-refractivity contribution in [2.24, 2.45) is 11.1 Å². The summed E-state index contributed by atoms with van der Waals surface area (Å²) in [5.74, 6) is 0.124. The summed E-state index contributed by atoms with van der Waals surface area (Å²) in [7, 11) is 0. The molecule has 0 radical (unpaired) electrons. The molecule has 0 atom stereocenters. The fourth-order valence-electron chi connectivity index (χ4n) is 1.52. The molecule has 1 amide bonds. The number of amides is 1. The molecule has 0 fully saturated rings. The Kier molecular flexibility index (Phi) is 6.54. The van der Waals surface area contributed by atoms with Crippen LogP contribution in [-0.4, -0.2) is 19.0 Å². The van der Waals surface area contributed by atoms with Gasteiger partial charge in [0.05, 0.1) is 5.41 Å². The van der Waals surface area contributed by atoms with Crippen molar-refractivity contribution < 1.29 is 4.79 Å². The van der Waals surface area contributed by atoms with Gasteiger partial charge in [-0.3, -0.25) is 4.79 Å². The highest BCUT2D eigenvalue weighted by molar-refractivity contribution is 5.82. The lowest BCUT2D eigenvalue weighted by molar-refractivity contribution is -0.131. The van der Waals surface area contributed by atoms with E-state index in [0.717, 1.165) is 32.2 Å². The second kappa shape index (κ2) is 6.82. The fourth-order valence-corrected chi connectivity index (χ4v) is 1.52. The van der Waals surface area contributed by atoms with Gasteiger partial charge in [0, 0.05) is 13.1 Å². The van der Waals surface area contributed by atoms with Gasteiger partial charge in [0.25, 0.3) is 0 Å². The lowest BCUT2D eigenvalue weighted by atomic mass is 9.81. The molecule has 0 aliphatic rings. The molecule has 0 aromatic carbocycles. The minimum absolute atomic E-state index is 0.124. The molecule has 0 aliphatic heterocycles. The smallest absolute Gasteiger partial charge is 0.227 e. The van der Waals surface area contributed by atoms with Crippen molar-refractivity contribution in [2.45, 2.75) is 46.5 Å². The van der Waals surface area contributed by atoms with Gasteiger partial charge in [-0.1, -0.05) is 27.2 Å². The number of carbonyl (C=O) groups excluding carboxylic acids is 1. The van der Waals surface area contributed by atoms with Crippen molar-refractivity contribution in [2.75, 3.05) is 13.1 Å². The van der Waals surface area contributed by atoms with Crippen LogP contribution in [0, 0.1) is 5.41 Å². The standard InChI is InChI=1S/C11H24N2O/c1-4-7-8-13-10(14)11(5-2,6-3)9-12/h4-9,12H2,1-3H3,(H,13,14). The Morgan fingerprint density at radius 2 is 1.86 bits per heavy atom. The van der Waals surface area contributed by atoms with E-state index in [1.54, 1.807) is 0 Å². The third-order valence-electron chi connectivity index (χ3n) is 3.04. The van der Waals surface area contributed by atoms with Crippen molar-refractivity contribution in [1.82, 2.24) is 5.32 Å². The molecular formula is C11H24N2O. The molecule has 0 saturated carbocycles. The molecule has 3 heteroatoms. The highest BCUT2D eigenvalue weighted by atomic mass is 16.2. The number of hydrogen-bond donors (Lipinski definition) is 2. The van der Waals surface area contributed by atoms with Crippen molar-refractivity contribution in [3.05, 3.63) is 0 Å². The number of hydrogen-bond acceptors (Lipinski definition) is 2. The van der Waals surface area contributed by atoms with Gasteiger partial charge in [-0.05, 0) is 19.3 Å². The zero-order valence-corrected chi connectivity index (χ0v) is 9.73. The van der Waals surface area contributed by atoms with Crippen LogP contribution in [0.4, 0.5) is 0 Å². The highest BCUT2D eigenvalue weighted by Gasteiger charge is 2.32. The van der Waals surface area contributed by atoms with E-state index in [1.807, 2.05) is 13.8 Å². The number of nitrogens with two attached hydrogens (primary N) is 1. The first-order valence-electron chi connectivity index (χ1n) is 5.65. The lowest BCUT2D eigenvalue weighted by Crippen LogP contribution is -2.45. The normalized spacial score (nSPS) is 11.4. The maximum absolute atomic E-state index is 11.8. The van der Waals surface area contributed by atoms with E-state index in [0.29, 0.717) is 6.54 Å². The van der Waals surface area contributed by atoms with Gasteiger partial charge in [-0.2, -0.15) is 0 Å². The van der Waals surface area contributed by atoms with Crippen LogP contribution in [0.5, 0.6) is 0 Å². The Bertz CT molecular complexity index is 156. The summed E-state index contributed by atoms with van der Waals surface area (Å²) in [4.78, 5) is 11.8. The minimum Gasteiger partial charge on any atom is -0.356 e. The predicted octanol–water partition coefficient (Wildman–Crippen LogP) is 1.67. The van der Waals surface area contributed by atoms with Crippen molar-refractivity contribution >= 4 is 5.91 Å². The zero-order chi connectivity index (χ0) is 11.0. The molecule has 0 spiro atoms. The van der Waals surface area contributed by atoms with E-state index in [4.69, 9.17) is 5.73 Å². The molecule has 0 saturated heterocycles. The molecular weight excluding hydrogens is 176 g/mol. The van der Waals surface area contributed by atoms with E-state index in [-0.39, 0.29) is 11.3 Å². The van der Waals surface area contributed by atoms with Gasteiger partial charge in [-0.15, -0.1) is 0 Å². The number of rotatable bonds is 7. The lowest BCUT2D eigenvalue weighted by Gasteiger charge is -2.28. The van der Waals surface area contributed by atoms with Crippen LogP contribution < -0.4 is 11.1 Å². The Balaban J connectivity index is 4.15. The Labute approximate surface area is 87.4 Å². The maximum Gasteiger partial charge on any atom is 0.227 e. The molecule has 14 heavy (non-hydrogen) atoms. The van der Waals surface area contributed by atoms with E-state index in [9.17, 15) is 4.79 Å². The molecule has 0 unspecified atom stereocenters. The quantitative estimate of drug-likeness (QED) is 0.614. The monoisotopic (exact) mass is 200 g/mol. The van der Waals surface area contributed by atoms with E-state index in [2.05, 4.69) is 12.2 Å². The molecule has 0 rings (SSSR count). The average Bonchev–Trinajstić information content (AvgIpc) is 2.22. The molecule has 0 bridgehead atoms. The summed E-state index contributed by atoms with van der Waals surface area (Å²) in [5, 5.41) is 2.96. The Morgan fingerprint density at radius 3 is 2.21 bits per heavy atom. The number of nitrogens with one attached hydrogen (secondary N) is 1. The summed E-state index contributed by atoms with van der Waals surface area (Å²) in [6.45, 7) is 7.38. The molecule has 84 valence electrons. The third-order valence-corrected chi connectivity index (χ3v) is 3.04. The Morgan fingerprint density at radius 1 is 1.29 bits per heavy atom. The van der Waals surface area contributed by atoms with E-state index >= 15 is 0 Å². The van der Waals surface area contributed by atoms with Gasteiger partial charge < -0.3 is 11.1 Å². The number of carbonyl (C=O) groups is 1. The topological polar surface area (TPSA) is 55.1 Å². The maximum atomic E-state index is 11.8. The second-order valence-corrected chi connectivity index (χ2v) is 3.80. The molecule has 0 aliphatic carbocycles. The van der Waals surface area contributed by atoms with Gasteiger partial charge >= 0.3 is 0 Å². The van der Waals surface area contributed by atoms with Gasteiger partial charge in [0.2, 0.25) is 5.91 Å². The SMILES string of the molecule is CCCCNC(=O)C(CC)(CC)CN. The first-order valence-corrected chi connectivity index (χ1v) is 5.65. The summed E-state index contributed by atoms with van der Waals surface area (Å²) < 4.78 is 0. The van der Waals surface area contributed by atoms with Gasteiger partial charge in [-0.25, -0.2) is 0 Å². The summed E-state index contributed by atoms with van der Waals surface area (Å²) >= 11 is 0. The van der Waals surface area contributed by atoms with Crippen LogP contribution in [0.3, 0.4) is 0 Å². The largest absolute Gasteiger partial charge is 0.356 e. The average molecular weight is 200 g/mol. The van der Waals surface area contributed by atoms with Crippen LogP contribution in [-0.2, 0) is 4.79 Å². The van der Waals surface area contributed by atoms with Crippen LogP contribution in [0.15, 0.2) is 0 Å². The van der Waals surface area contributed by atoms with Crippen molar-refractivity contribution in [3.8, 4) is 0 Å². The molecule has 3 N–H and O–H groups in total. The first-order chi connectivity index (χ1) is 6.66. The van der Waals surface area contributed by atoms with Gasteiger partial charge in [0.15, 0.2) is 0 Å². The van der Waals surface area contributed by atoms with Crippen LogP contribution >= 0.6 is 0 Å². The second-order valence-electron chi connectivity index (χ2n) is 3.80. The molecule has 3 nitrogen and oxygen atoms in total. The molecule has 0 aromatic rings. The minimum atomic E-state index is -0.340. The van der Waals surface area contributed by atoms with E-state index in [1.165, 1.54) is 0 Å². The van der Waals surface area contributed by atoms with Crippen LogP contribution in [0.2, 0.25) is 0 Å². The van der Waals surface area contributed by atoms with Gasteiger partial charge in [0.1, 0.15) is 0 Å².